The van der Waals surface area contributed by atoms with Gasteiger partial charge in [-0.3, -0.25) is 4.79 Å². The summed E-state index contributed by atoms with van der Waals surface area (Å²) in [6, 6.07) is 13.2. The van der Waals surface area contributed by atoms with E-state index in [4.69, 9.17) is 23.2 Å². The number of halogens is 2. The smallest absolute Gasteiger partial charge is 0.231 e. The summed E-state index contributed by atoms with van der Waals surface area (Å²) in [5, 5.41) is 3.86. The van der Waals surface area contributed by atoms with Crippen LogP contribution in [0.3, 0.4) is 0 Å². The minimum absolute atomic E-state index is 0.0834. The molecule has 0 aliphatic carbocycles. The van der Waals surface area contributed by atoms with E-state index in [-0.39, 0.29) is 11.8 Å². The Morgan fingerprint density at radius 1 is 1.00 bits per heavy atom. The highest BCUT2D eigenvalue weighted by Gasteiger charge is 2.16. The molecule has 0 aliphatic heterocycles. The summed E-state index contributed by atoms with van der Waals surface area (Å²) < 4.78 is 0. The highest BCUT2D eigenvalue weighted by molar-refractivity contribution is 6.35. The van der Waals surface area contributed by atoms with Crippen LogP contribution in [0.2, 0.25) is 10.0 Å². The average Bonchev–Trinajstić information content (AvgIpc) is 2.45. The van der Waals surface area contributed by atoms with Crippen molar-refractivity contribution in [3.8, 4) is 0 Å². The molecule has 1 unspecified atom stereocenters. The van der Waals surface area contributed by atoms with E-state index >= 15 is 0 Å². The number of benzene rings is 2. The van der Waals surface area contributed by atoms with E-state index in [9.17, 15) is 4.79 Å². The molecule has 0 radical (unpaired) electrons. The van der Waals surface area contributed by atoms with Crippen molar-refractivity contribution in [1.29, 1.82) is 0 Å². The highest BCUT2D eigenvalue weighted by atomic mass is 35.5. The van der Waals surface area contributed by atoms with Gasteiger partial charge in [-0.25, -0.2) is 0 Å². The molecule has 23 heavy (non-hydrogen) atoms. The van der Waals surface area contributed by atoms with E-state index in [0.29, 0.717) is 21.7 Å². The number of hydrogen-bond donors (Lipinski definition) is 1. The number of hydrogen-bond acceptors (Lipinski definition) is 1. The van der Waals surface area contributed by atoms with Crippen molar-refractivity contribution in [3.63, 3.8) is 0 Å². The van der Waals surface area contributed by atoms with Gasteiger partial charge in [0.05, 0.1) is 5.92 Å². The molecule has 2 rings (SSSR count). The summed E-state index contributed by atoms with van der Waals surface area (Å²) in [6.45, 7) is 6.28. The molecular weight excluding hydrogens is 329 g/mol. The van der Waals surface area contributed by atoms with Crippen molar-refractivity contribution < 1.29 is 4.79 Å². The van der Waals surface area contributed by atoms with Gasteiger partial charge in [0, 0.05) is 15.7 Å². The van der Waals surface area contributed by atoms with Gasteiger partial charge in [-0.2, -0.15) is 0 Å². The molecule has 0 fully saturated rings. The zero-order valence-electron chi connectivity index (χ0n) is 13.6. The van der Waals surface area contributed by atoms with Gasteiger partial charge in [0.25, 0.3) is 0 Å². The maximum absolute atomic E-state index is 12.4. The lowest BCUT2D eigenvalue weighted by atomic mass is 9.96. The third-order valence-electron chi connectivity index (χ3n) is 3.65. The first-order valence-corrected chi connectivity index (χ1v) is 8.46. The molecule has 0 saturated carbocycles. The molecule has 1 N–H and O–H groups in total. The molecule has 4 heteroatoms. The monoisotopic (exact) mass is 349 g/mol. The van der Waals surface area contributed by atoms with Crippen molar-refractivity contribution in [1.82, 2.24) is 0 Å². The molecule has 0 spiro atoms. The summed E-state index contributed by atoms with van der Waals surface area (Å²) >= 11 is 11.9. The van der Waals surface area contributed by atoms with Gasteiger partial charge < -0.3 is 5.32 Å². The van der Waals surface area contributed by atoms with Crippen LogP contribution in [0.15, 0.2) is 42.5 Å². The van der Waals surface area contributed by atoms with Crippen LogP contribution >= 0.6 is 23.2 Å². The fraction of sp³-hybridized carbons (Fsp3) is 0.316. The van der Waals surface area contributed by atoms with Gasteiger partial charge in [-0.15, -0.1) is 0 Å². The van der Waals surface area contributed by atoms with Gasteiger partial charge in [-0.05, 0) is 48.6 Å². The molecule has 1 amide bonds. The Morgan fingerprint density at radius 3 is 2.09 bits per heavy atom. The average molecular weight is 350 g/mol. The Kier molecular flexibility index (Phi) is 6.09. The molecule has 1 atom stereocenters. The van der Waals surface area contributed by atoms with Gasteiger partial charge in [-0.1, -0.05) is 61.3 Å². The molecule has 2 nitrogen and oxygen atoms in total. The molecule has 0 heterocycles. The molecule has 0 bridgehead atoms. The molecule has 2 aromatic carbocycles. The predicted molar refractivity (Wildman–Crippen MR) is 98.5 cm³/mol. The third-order valence-corrected chi connectivity index (χ3v) is 4.08. The Labute approximate surface area is 147 Å². The quantitative estimate of drug-likeness (QED) is 0.711. The topological polar surface area (TPSA) is 29.1 Å². The number of carbonyl (C=O) groups excluding carboxylic acids is 1. The second-order valence-corrected chi connectivity index (χ2v) is 7.08. The first kappa shape index (κ1) is 17.8. The Morgan fingerprint density at radius 2 is 1.57 bits per heavy atom. The largest absolute Gasteiger partial charge is 0.325 e. The Bertz CT molecular complexity index is 660. The van der Waals surface area contributed by atoms with Crippen molar-refractivity contribution in [2.45, 2.75) is 33.1 Å². The summed E-state index contributed by atoms with van der Waals surface area (Å²) in [5.74, 6) is 0.287. The van der Waals surface area contributed by atoms with Crippen LogP contribution in [0.1, 0.15) is 37.8 Å². The summed E-state index contributed by atoms with van der Waals surface area (Å²) in [4.78, 5) is 12.4. The lowest BCUT2D eigenvalue weighted by Crippen LogP contribution is -2.18. The molecular formula is C19H21Cl2NO. The van der Waals surface area contributed by atoms with E-state index in [1.54, 1.807) is 18.2 Å². The van der Waals surface area contributed by atoms with E-state index < -0.39 is 0 Å². The second-order valence-electron chi connectivity index (χ2n) is 6.21. The van der Waals surface area contributed by atoms with Crippen LogP contribution < -0.4 is 5.32 Å². The van der Waals surface area contributed by atoms with E-state index in [1.165, 1.54) is 5.56 Å². The third kappa shape index (κ3) is 5.26. The van der Waals surface area contributed by atoms with Crippen LogP contribution in [0, 0.1) is 5.92 Å². The number of anilines is 1. The minimum Gasteiger partial charge on any atom is -0.325 e. The maximum atomic E-state index is 12.4. The van der Waals surface area contributed by atoms with Crippen molar-refractivity contribution in [2.24, 2.45) is 5.92 Å². The number of rotatable bonds is 5. The first-order valence-electron chi connectivity index (χ1n) is 7.71. The van der Waals surface area contributed by atoms with Crippen molar-refractivity contribution >= 4 is 34.8 Å². The summed E-state index contributed by atoms with van der Waals surface area (Å²) in [6.07, 6.45) is 1.04. The molecule has 0 aromatic heterocycles. The van der Waals surface area contributed by atoms with Crippen LogP contribution in [0.25, 0.3) is 0 Å². The second kappa shape index (κ2) is 7.85. The van der Waals surface area contributed by atoms with Crippen LogP contribution in [0.4, 0.5) is 5.69 Å². The van der Waals surface area contributed by atoms with Gasteiger partial charge in [0.2, 0.25) is 5.91 Å². The van der Waals surface area contributed by atoms with E-state index in [0.717, 1.165) is 12.0 Å². The fourth-order valence-electron chi connectivity index (χ4n) is 2.44. The summed E-state index contributed by atoms with van der Waals surface area (Å²) in [5.41, 5.74) is 2.89. The minimum atomic E-state index is -0.249. The normalized spacial score (nSPS) is 12.3. The highest BCUT2D eigenvalue weighted by Crippen LogP contribution is 2.24. The molecule has 122 valence electrons. The number of nitrogens with one attached hydrogen (secondary N) is 1. The zero-order chi connectivity index (χ0) is 17.0. The summed E-state index contributed by atoms with van der Waals surface area (Å²) in [7, 11) is 0. The van der Waals surface area contributed by atoms with Gasteiger partial charge >= 0.3 is 0 Å². The number of amides is 1. The van der Waals surface area contributed by atoms with Gasteiger partial charge in [0.1, 0.15) is 0 Å². The zero-order valence-corrected chi connectivity index (χ0v) is 15.1. The predicted octanol–water partition coefficient (Wildman–Crippen LogP) is 5.93. The van der Waals surface area contributed by atoms with Crippen molar-refractivity contribution in [2.75, 3.05) is 5.32 Å². The van der Waals surface area contributed by atoms with Crippen LogP contribution in [0.5, 0.6) is 0 Å². The molecule has 0 aliphatic rings. The number of carbonyl (C=O) groups is 1. The van der Waals surface area contributed by atoms with Crippen LogP contribution in [-0.2, 0) is 11.2 Å². The van der Waals surface area contributed by atoms with E-state index in [1.807, 2.05) is 19.1 Å². The lowest BCUT2D eigenvalue weighted by Gasteiger charge is -2.14. The van der Waals surface area contributed by atoms with Crippen LogP contribution in [-0.4, -0.2) is 5.91 Å². The maximum Gasteiger partial charge on any atom is 0.231 e. The standard InChI is InChI=1S/C19H21Cl2NO/c1-12(2)8-14-4-6-15(7-5-14)13(3)19(23)22-18-10-16(20)9-17(21)11-18/h4-7,9-13H,8H2,1-3H3,(H,22,23). The molecule has 2 aromatic rings. The molecule has 0 saturated heterocycles. The van der Waals surface area contributed by atoms with Crippen molar-refractivity contribution in [3.05, 3.63) is 63.6 Å². The lowest BCUT2D eigenvalue weighted by molar-refractivity contribution is -0.117. The van der Waals surface area contributed by atoms with Gasteiger partial charge in [0.15, 0.2) is 0 Å². The SMILES string of the molecule is CC(C)Cc1ccc(C(C)C(=O)Nc2cc(Cl)cc(Cl)c2)cc1. The Balaban J connectivity index is 2.06. The van der Waals surface area contributed by atoms with E-state index in [2.05, 4.69) is 31.3 Å². The Hall–Kier alpha value is -1.51. The fourth-order valence-corrected chi connectivity index (χ4v) is 2.97. The first-order chi connectivity index (χ1) is 10.8.